The molecule has 1 amide bonds. The van der Waals surface area contributed by atoms with Gasteiger partial charge in [0.2, 0.25) is 0 Å². The molecule has 0 aromatic heterocycles. The van der Waals surface area contributed by atoms with Crippen molar-refractivity contribution in [2.45, 2.75) is 32.6 Å². The minimum Gasteiger partial charge on any atom is -0.481 e. The molecule has 19 heavy (non-hydrogen) atoms. The summed E-state index contributed by atoms with van der Waals surface area (Å²) in [5.41, 5.74) is 1.42. The van der Waals surface area contributed by atoms with Gasteiger partial charge in [-0.1, -0.05) is 24.3 Å². The molecule has 102 valence electrons. The molecule has 0 spiro atoms. The Kier molecular flexibility index (Phi) is 6.36. The number of anilines is 1. The number of allylic oxidation sites excluding steroid dienone is 1. The van der Waals surface area contributed by atoms with E-state index in [2.05, 4.69) is 5.32 Å². The number of carbonyl (C=O) groups excluding carboxylic acids is 1. The second kappa shape index (κ2) is 8.08. The van der Waals surface area contributed by atoms with Crippen LogP contribution in [0.1, 0.15) is 32.6 Å². The van der Waals surface area contributed by atoms with E-state index in [1.54, 1.807) is 6.92 Å². The molecule has 0 atom stereocenters. The van der Waals surface area contributed by atoms with Crippen LogP contribution in [0.5, 0.6) is 0 Å². The molecule has 0 heterocycles. The summed E-state index contributed by atoms with van der Waals surface area (Å²) in [5, 5.41) is 11.3. The van der Waals surface area contributed by atoms with E-state index in [-0.39, 0.29) is 12.3 Å². The molecule has 0 fully saturated rings. The summed E-state index contributed by atoms with van der Waals surface area (Å²) in [6.45, 7) is 1.76. The van der Waals surface area contributed by atoms with Crippen molar-refractivity contribution >= 4 is 17.6 Å². The van der Waals surface area contributed by atoms with Crippen LogP contribution in [0.25, 0.3) is 0 Å². The molecule has 0 aliphatic carbocycles. The maximum atomic E-state index is 11.8. The zero-order valence-electron chi connectivity index (χ0n) is 11.1. The topological polar surface area (TPSA) is 66.4 Å². The van der Waals surface area contributed by atoms with Gasteiger partial charge in [0.05, 0.1) is 0 Å². The van der Waals surface area contributed by atoms with Crippen LogP contribution >= 0.6 is 0 Å². The first-order chi connectivity index (χ1) is 9.09. The lowest BCUT2D eigenvalue weighted by molar-refractivity contribution is -0.137. The number of hydrogen-bond acceptors (Lipinski definition) is 2. The standard InChI is InChI=1S/C15H19NO3/c1-12(8-4-2-7-11-14(17)18)15(19)16-13-9-5-3-6-10-13/h3,5-6,8-10H,2,4,7,11H2,1H3,(H,16,19)(H,17,18). The molecule has 1 aromatic carbocycles. The Bertz CT molecular complexity index is 452. The third-order valence-corrected chi connectivity index (χ3v) is 2.69. The first kappa shape index (κ1) is 15.0. The highest BCUT2D eigenvalue weighted by Gasteiger charge is 2.03. The third-order valence-electron chi connectivity index (χ3n) is 2.69. The van der Waals surface area contributed by atoms with E-state index in [4.69, 9.17) is 5.11 Å². The second-order valence-electron chi connectivity index (χ2n) is 4.35. The number of unbranched alkanes of at least 4 members (excludes halogenated alkanes) is 2. The lowest BCUT2D eigenvalue weighted by atomic mass is 10.1. The second-order valence-corrected chi connectivity index (χ2v) is 4.35. The molecule has 0 unspecified atom stereocenters. The highest BCUT2D eigenvalue weighted by molar-refractivity contribution is 6.03. The highest BCUT2D eigenvalue weighted by Crippen LogP contribution is 2.09. The molecule has 0 aliphatic rings. The third kappa shape index (κ3) is 6.41. The number of amides is 1. The number of carboxylic acids is 1. The van der Waals surface area contributed by atoms with Crippen LogP contribution in [-0.4, -0.2) is 17.0 Å². The maximum Gasteiger partial charge on any atom is 0.303 e. The predicted octanol–water partition coefficient (Wildman–Crippen LogP) is 3.22. The van der Waals surface area contributed by atoms with Crippen LogP contribution in [0, 0.1) is 0 Å². The van der Waals surface area contributed by atoms with Gasteiger partial charge in [-0.2, -0.15) is 0 Å². The van der Waals surface area contributed by atoms with Crippen molar-refractivity contribution in [1.82, 2.24) is 0 Å². The Hall–Kier alpha value is -2.10. The molecular weight excluding hydrogens is 242 g/mol. The van der Waals surface area contributed by atoms with Gasteiger partial charge in [-0.05, 0) is 38.3 Å². The lowest BCUT2D eigenvalue weighted by Gasteiger charge is -2.05. The summed E-state index contributed by atoms with van der Waals surface area (Å²) in [6, 6.07) is 9.28. The van der Waals surface area contributed by atoms with Crippen molar-refractivity contribution in [3.05, 3.63) is 42.0 Å². The fraction of sp³-hybridized carbons (Fsp3) is 0.333. The van der Waals surface area contributed by atoms with Crippen molar-refractivity contribution in [3.63, 3.8) is 0 Å². The number of nitrogens with one attached hydrogen (secondary N) is 1. The molecular formula is C15H19NO3. The average molecular weight is 261 g/mol. The summed E-state index contributed by atoms with van der Waals surface area (Å²) in [5.74, 6) is -0.896. The monoisotopic (exact) mass is 261 g/mol. The Morgan fingerprint density at radius 3 is 2.53 bits per heavy atom. The van der Waals surface area contributed by atoms with Crippen molar-refractivity contribution in [1.29, 1.82) is 0 Å². The molecule has 1 rings (SSSR count). The van der Waals surface area contributed by atoms with Gasteiger partial charge in [-0.15, -0.1) is 0 Å². The number of aliphatic carboxylic acids is 1. The van der Waals surface area contributed by atoms with E-state index >= 15 is 0 Å². The molecule has 0 saturated carbocycles. The van der Waals surface area contributed by atoms with E-state index in [0.29, 0.717) is 12.0 Å². The van der Waals surface area contributed by atoms with Gasteiger partial charge in [0.25, 0.3) is 5.91 Å². The van der Waals surface area contributed by atoms with E-state index in [9.17, 15) is 9.59 Å². The van der Waals surface area contributed by atoms with Gasteiger partial charge in [-0.3, -0.25) is 9.59 Å². The van der Waals surface area contributed by atoms with Gasteiger partial charge < -0.3 is 10.4 Å². The fourth-order valence-corrected chi connectivity index (χ4v) is 1.58. The summed E-state index contributed by atoms with van der Waals surface area (Å²) >= 11 is 0. The number of carbonyl (C=O) groups is 2. The number of hydrogen-bond donors (Lipinski definition) is 2. The molecule has 4 nitrogen and oxygen atoms in total. The Labute approximate surface area is 113 Å². The van der Waals surface area contributed by atoms with E-state index in [0.717, 1.165) is 18.5 Å². The molecule has 0 bridgehead atoms. The van der Waals surface area contributed by atoms with Crippen molar-refractivity contribution < 1.29 is 14.7 Å². The molecule has 0 radical (unpaired) electrons. The number of rotatable bonds is 7. The zero-order valence-corrected chi connectivity index (χ0v) is 11.1. The Morgan fingerprint density at radius 2 is 1.89 bits per heavy atom. The number of para-hydroxylation sites is 1. The molecule has 1 aromatic rings. The van der Waals surface area contributed by atoms with Crippen LogP contribution in [0.2, 0.25) is 0 Å². The minimum absolute atomic E-state index is 0.121. The quantitative estimate of drug-likeness (QED) is 0.585. The summed E-state index contributed by atoms with van der Waals surface area (Å²) in [4.78, 5) is 22.1. The van der Waals surface area contributed by atoms with Gasteiger partial charge in [0, 0.05) is 17.7 Å². The number of benzene rings is 1. The summed E-state index contributed by atoms with van der Waals surface area (Å²) in [6.07, 6.45) is 4.17. The van der Waals surface area contributed by atoms with Crippen LogP contribution in [0.15, 0.2) is 42.0 Å². The highest BCUT2D eigenvalue weighted by atomic mass is 16.4. The van der Waals surface area contributed by atoms with Gasteiger partial charge >= 0.3 is 5.97 Å². The fourth-order valence-electron chi connectivity index (χ4n) is 1.58. The SMILES string of the molecule is CC(=CCCCCC(=O)O)C(=O)Nc1ccccc1. The first-order valence-corrected chi connectivity index (χ1v) is 6.34. The number of carboxylic acid groups (broad SMARTS) is 1. The van der Waals surface area contributed by atoms with Gasteiger partial charge in [0.1, 0.15) is 0 Å². The van der Waals surface area contributed by atoms with E-state index < -0.39 is 5.97 Å². The molecule has 0 saturated heterocycles. The molecule has 4 heteroatoms. The normalized spacial score (nSPS) is 11.1. The predicted molar refractivity (Wildman–Crippen MR) is 74.9 cm³/mol. The Morgan fingerprint density at radius 1 is 1.21 bits per heavy atom. The molecule has 2 N–H and O–H groups in total. The van der Waals surface area contributed by atoms with Crippen LogP contribution < -0.4 is 5.32 Å². The summed E-state index contributed by atoms with van der Waals surface area (Å²) < 4.78 is 0. The smallest absolute Gasteiger partial charge is 0.303 e. The van der Waals surface area contributed by atoms with Crippen LogP contribution in [0.3, 0.4) is 0 Å². The van der Waals surface area contributed by atoms with Crippen LogP contribution in [0.4, 0.5) is 5.69 Å². The van der Waals surface area contributed by atoms with Crippen molar-refractivity contribution in [2.75, 3.05) is 5.32 Å². The zero-order chi connectivity index (χ0) is 14.1. The van der Waals surface area contributed by atoms with Crippen LogP contribution in [-0.2, 0) is 9.59 Å². The van der Waals surface area contributed by atoms with Crippen molar-refractivity contribution in [3.8, 4) is 0 Å². The van der Waals surface area contributed by atoms with Gasteiger partial charge in [0.15, 0.2) is 0 Å². The minimum atomic E-state index is -0.775. The van der Waals surface area contributed by atoms with Crippen molar-refractivity contribution in [2.24, 2.45) is 0 Å². The van der Waals surface area contributed by atoms with E-state index in [1.807, 2.05) is 36.4 Å². The first-order valence-electron chi connectivity index (χ1n) is 6.34. The van der Waals surface area contributed by atoms with E-state index in [1.165, 1.54) is 0 Å². The largest absolute Gasteiger partial charge is 0.481 e. The Balaban J connectivity index is 2.33. The average Bonchev–Trinajstić information content (AvgIpc) is 2.38. The lowest BCUT2D eigenvalue weighted by Crippen LogP contribution is -2.12. The van der Waals surface area contributed by atoms with Gasteiger partial charge in [-0.25, -0.2) is 0 Å². The summed E-state index contributed by atoms with van der Waals surface area (Å²) in [7, 11) is 0. The molecule has 0 aliphatic heterocycles. The maximum absolute atomic E-state index is 11.8.